The van der Waals surface area contributed by atoms with Gasteiger partial charge in [-0.05, 0) is 24.6 Å². The minimum atomic E-state index is 0.484. The molecular formula is C15H21N3O. The maximum absolute atomic E-state index is 5.87. The van der Waals surface area contributed by atoms with Crippen LogP contribution in [0.5, 0.6) is 5.75 Å². The van der Waals surface area contributed by atoms with Crippen LogP contribution in [0.2, 0.25) is 0 Å². The fourth-order valence-corrected chi connectivity index (χ4v) is 2.05. The average molecular weight is 259 g/mol. The van der Waals surface area contributed by atoms with E-state index in [9.17, 15) is 0 Å². The third-order valence-electron chi connectivity index (χ3n) is 3.13. The standard InChI is InChI=1S/C15H21N3O/c1-3-12-6-4-5-7-14(12)19-11-15-17-13(8-9-16)10-18(15)2/h4-7,10H,3,8-9,11,16H2,1-2H3. The van der Waals surface area contributed by atoms with Crippen LogP contribution in [0, 0.1) is 0 Å². The van der Waals surface area contributed by atoms with Crippen molar-refractivity contribution in [2.45, 2.75) is 26.4 Å². The number of imidazole rings is 1. The Kier molecular flexibility index (Phi) is 4.58. The van der Waals surface area contributed by atoms with E-state index in [1.165, 1.54) is 5.56 Å². The number of nitrogens with two attached hydrogens (primary N) is 1. The Hall–Kier alpha value is -1.81. The van der Waals surface area contributed by atoms with Crippen LogP contribution < -0.4 is 10.5 Å². The normalized spacial score (nSPS) is 10.7. The smallest absolute Gasteiger partial charge is 0.146 e. The monoisotopic (exact) mass is 259 g/mol. The Balaban J connectivity index is 2.05. The van der Waals surface area contributed by atoms with Crippen molar-refractivity contribution in [1.82, 2.24) is 9.55 Å². The van der Waals surface area contributed by atoms with Crippen LogP contribution in [-0.4, -0.2) is 16.1 Å². The predicted molar refractivity (Wildman–Crippen MR) is 76.1 cm³/mol. The third-order valence-corrected chi connectivity index (χ3v) is 3.13. The first-order valence-corrected chi connectivity index (χ1v) is 6.66. The number of ether oxygens (including phenoxy) is 1. The van der Waals surface area contributed by atoms with Crippen molar-refractivity contribution in [3.05, 3.63) is 47.5 Å². The molecular weight excluding hydrogens is 238 g/mol. The van der Waals surface area contributed by atoms with Crippen molar-refractivity contribution >= 4 is 0 Å². The molecule has 0 spiro atoms. The lowest BCUT2D eigenvalue weighted by Crippen LogP contribution is -2.05. The van der Waals surface area contributed by atoms with Gasteiger partial charge in [0, 0.05) is 19.7 Å². The van der Waals surface area contributed by atoms with Gasteiger partial charge >= 0.3 is 0 Å². The zero-order chi connectivity index (χ0) is 13.7. The highest BCUT2D eigenvalue weighted by atomic mass is 16.5. The Morgan fingerprint density at radius 1 is 1.32 bits per heavy atom. The van der Waals surface area contributed by atoms with E-state index in [1.54, 1.807) is 0 Å². The van der Waals surface area contributed by atoms with Gasteiger partial charge in [0.15, 0.2) is 0 Å². The summed E-state index contributed by atoms with van der Waals surface area (Å²) in [5, 5.41) is 0. The fraction of sp³-hybridized carbons (Fsp3) is 0.400. The molecule has 4 nitrogen and oxygen atoms in total. The Morgan fingerprint density at radius 3 is 2.84 bits per heavy atom. The van der Waals surface area contributed by atoms with Gasteiger partial charge in [0.25, 0.3) is 0 Å². The predicted octanol–water partition coefficient (Wildman–Crippen LogP) is 2.06. The van der Waals surface area contributed by atoms with Crippen molar-refractivity contribution in [2.24, 2.45) is 12.8 Å². The first-order valence-electron chi connectivity index (χ1n) is 6.66. The summed E-state index contributed by atoms with van der Waals surface area (Å²) in [4.78, 5) is 4.53. The molecule has 4 heteroatoms. The molecule has 0 bridgehead atoms. The molecule has 0 fully saturated rings. The van der Waals surface area contributed by atoms with Crippen LogP contribution in [0.1, 0.15) is 24.0 Å². The molecule has 0 unspecified atom stereocenters. The molecule has 1 heterocycles. The SMILES string of the molecule is CCc1ccccc1OCc1nc(CCN)cn1C. The third kappa shape index (κ3) is 3.35. The van der Waals surface area contributed by atoms with Crippen molar-refractivity contribution in [3.8, 4) is 5.75 Å². The minimum absolute atomic E-state index is 0.484. The highest BCUT2D eigenvalue weighted by Crippen LogP contribution is 2.19. The lowest BCUT2D eigenvalue weighted by atomic mass is 10.1. The van der Waals surface area contributed by atoms with Gasteiger partial charge < -0.3 is 15.0 Å². The second kappa shape index (κ2) is 6.38. The van der Waals surface area contributed by atoms with E-state index in [-0.39, 0.29) is 0 Å². The van der Waals surface area contributed by atoms with Gasteiger partial charge in [-0.25, -0.2) is 4.98 Å². The molecule has 0 amide bonds. The molecule has 0 saturated heterocycles. The molecule has 2 aromatic rings. The molecule has 2 rings (SSSR count). The molecule has 1 aromatic carbocycles. The summed E-state index contributed by atoms with van der Waals surface area (Å²) in [6.07, 6.45) is 3.78. The lowest BCUT2D eigenvalue weighted by Gasteiger charge is -2.09. The summed E-state index contributed by atoms with van der Waals surface area (Å²) >= 11 is 0. The number of hydrogen-bond donors (Lipinski definition) is 1. The first-order chi connectivity index (χ1) is 9.24. The van der Waals surface area contributed by atoms with E-state index in [1.807, 2.05) is 36.0 Å². The van der Waals surface area contributed by atoms with E-state index in [0.717, 1.165) is 30.1 Å². The summed E-state index contributed by atoms with van der Waals surface area (Å²) in [6.45, 7) is 3.23. The van der Waals surface area contributed by atoms with Crippen LogP contribution >= 0.6 is 0 Å². The topological polar surface area (TPSA) is 53.1 Å². The van der Waals surface area contributed by atoms with Gasteiger partial charge in [-0.2, -0.15) is 0 Å². The maximum atomic E-state index is 5.87. The van der Waals surface area contributed by atoms with E-state index in [0.29, 0.717) is 13.2 Å². The van der Waals surface area contributed by atoms with Gasteiger partial charge in [0.1, 0.15) is 18.2 Å². The Labute approximate surface area is 114 Å². The molecule has 0 aliphatic carbocycles. The van der Waals surface area contributed by atoms with Crippen molar-refractivity contribution < 1.29 is 4.74 Å². The summed E-state index contributed by atoms with van der Waals surface area (Å²) in [7, 11) is 1.98. The second-order valence-corrected chi connectivity index (χ2v) is 4.55. The molecule has 0 saturated carbocycles. The van der Waals surface area contributed by atoms with Crippen LogP contribution in [0.3, 0.4) is 0 Å². The molecule has 0 radical (unpaired) electrons. The maximum Gasteiger partial charge on any atom is 0.146 e. The van der Waals surface area contributed by atoms with E-state index in [2.05, 4.69) is 18.0 Å². The lowest BCUT2D eigenvalue weighted by molar-refractivity contribution is 0.289. The van der Waals surface area contributed by atoms with Crippen molar-refractivity contribution in [1.29, 1.82) is 0 Å². The molecule has 19 heavy (non-hydrogen) atoms. The molecule has 2 N–H and O–H groups in total. The quantitative estimate of drug-likeness (QED) is 0.864. The van der Waals surface area contributed by atoms with Crippen molar-refractivity contribution in [3.63, 3.8) is 0 Å². The first kappa shape index (κ1) is 13.6. The van der Waals surface area contributed by atoms with E-state index in [4.69, 9.17) is 10.5 Å². The Bertz CT molecular complexity index is 534. The van der Waals surface area contributed by atoms with Gasteiger partial charge in [-0.3, -0.25) is 0 Å². The van der Waals surface area contributed by atoms with Crippen molar-refractivity contribution in [2.75, 3.05) is 6.54 Å². The number of nitrogens with zero attached hydrogens (tertiary/aromatic N) is 2. The summed E-state index contributed by atoms with van der Waals surface area (Å²) in [6, 6.07) is 8.12. The molecule has 0 atom stereocenters. The molecule has 0 aliphatic rings. The summed E-state index contributed by atoms with van der Waals surface area (Å²) in [5.41, 5.74) is 7.78. The zero-order valence-corrected chi connectivity index (χ0v) is 11.6. The van der Waals surface area contributed by atoms with Crippen LogP contribution in [-0.2, 0) is 26.5 Å². The number of hydrogen-bond acceptors (Lipinski definition) is 3. The van der Waals surface area contributed by atoms with Gasteiger partial charge in [-0.15, -0.1) is 0 Å². The number of aromatic nitrogens is 2. The van der Waals surface area contributed by atoms with Gasteiger partial charge in [0.2, 0.25) is 0 Å². The fourth-order valence-electron chi connectivity index (χ4n) is 2.05. The molecule has 1 aromatic heterocycles. The summed E-state index contributed by atoms with van der Waals surface area (Å²) < 4.78 is 7.87. The Morgan fingerprint density at radius 2 is 2.11 bits per heavy atom. The summed E-state index contributed by atoms with van der Waals surface area (Å²) in [5.74, 6) is 1.86. The van der Waals surface area contributed by atoms with Crippen LogP contribution in [0.25, 0.3) is 0 Å². The average Bonchev–Trinajstić information content (AvgIpc) is 2.77. The minimum Gasteiger partial charge on any atom is -0.485 e. The van der Waals surface area contributed by atoms with Crippen LogP contribution in [0.15, 0.2) is 30.5 Å². The number of benzene rings is 1. The largest absolute Gasteiger partial charge is 0.485 e. The number of rotatable bonds is 6. The van der Waals surface area contributed by atoms with E-state index < -0.39 is 0 Å². The zero-order valence-electron chi connectivity index (χ0n) is 11.6. The van der Waals surface area contributed by atoms with Gasteiger partial charge in [-0.1, -0.05) is 25.1 Å². The second-order valence-electron chi connectivity index (χ2n) is 4.55. The molecule has 0 aliphatic heterocycles. The highest BCUT2D eigenvalue weighted by molar-refractivity contribution is 5.33. The van der Waals surface area contributed by atoms with Gasteiger partial charge in [0.05, 0.1) is 5.69 Å². The van der Waals surface area contributed by atoms with Crippen LogP contribution in [0.4, 0.5) is 0 Å². The number of aryl methyl sites for hydroxylation is 2. The number of para-hydroxylation sites is 1. The molecule has 102 valence electrons. The highest BCUT2D eigenvalue weighted by Gasteiger charge is 2.07. The van der Waals surface area contributed by atoms with E-state index >= 15 is 0 Å².